The molecule has 0 saturated heterocycles. The van der Waals surface area contributed by atoms with Gasteiger partial charge in [-0.05, 0) is 38.1 Å². The second-order valence-corrected chi connectivity index (χ2v) is 7.18. The molecule has 0 aliphatic carbocycles. The molecule has 0 spiro atoms. The van der Waals surface area contributed by atoms with Crippen LogP contribution < -0.4 is 16.0 Å². The molecule has 0 saturated carbocycles. The third kappa shape index (κ3) is 6.79. The van der Waals surface area contributed by atoms with Gasteiger partial charge in [0, 0.05) is 17.9 Å². The first-order chi connectivity index (χ1) is 14.3. The molecule has 2 rings (SSSR count). The van der Waals surface area contributed by atoms with Crippen LogP contribution in [0.15, 0.2) is 24.3 Å². The lowest BCUT2D eigenvalue weighted by molar-refractivity contribution is -0.141. The van der Waals surface area contributed by atoms with E-state index in [1.807, 2.05) is 0 Å². The van der Waals surface area contributed by atoms with Gasteiger partial charge in [0.15, 0.2) is 5.13 Å². The Bertz CT molecular complexity index is 884. The van der Waals surface area contributed by atoms with Crippen LogP contribution in [-0.2, 0) is 14.3 Å². The van der Waals surface area contributed by atoms with Crippen LogP contribution in [0.3, 0.4) is 0 Å². The van der Waals surface area contributed by atoms with Crippen LogP contribution in [0.25, 0.3) is 0 Å². The Hall–Kier alpha value is -3.02. The van der Waals surface area contributed by atoms with Crippen molar-refractivity contribution in [3.63, 3.8) is 0 Å². The average Bonchev–Trinajstić information content (AvgIpc) is 3.06. The highest BCUT2D eigenvalue weighted by atomic mass is 32.1. The van der Waals surface area contributed by atoms with Crippen molar-refractivity contribution >= 4 is 45.7 Å². The Kier molecular flexibility index (Phi) is 8.71. The molecule has 30 heavy (non-hydrogen) atoms. The molecule has 0 radical (unpaired) electrons. The molecule has 10 nitrogen and oxygen atoms in total. The first kappa shape index (κ1) is 23.3. The van der Waals surface area contributed by atoms with Crippen LogP contribution in [0.2, 0.25) is 0 Å². The van der Waals surface area contributed by atoms with Crippen molar-refractivity contribution in [3.05, 3.63) is 34.8 Å². The molecule has 0 aliphatic rings. The molecule has 1 aromatic heterocycles. The summed E-state index contributed by atoms with van der Waals surface area (Å²) < 4.78 is 5.00. The molecule has 162 valence electrons. The zero-order valence-electron chi connectivity index (χ0n) is 16.6. The predicted molar refractivity (Wildman–Crippen MR) is 112 cm³/mol. The van der Waals surface area contributed by atoms with Crippen molar-refractivity contribution in [2.45, 2.75) is 26.3 Å². The van der Waals surface area contributed by atoms with Gasteiger partial charge in [0.2, 0.25) is 5.91 Å². The third-order valence-corrected chi connectivity index (χ3v) is 4.92. The second kappa shape index (κ2) is 11.2. The van der Waals surface area contributed by atoms with Gasteiger partial charge >= 0.3 is 11.9 Å². The van der Waals surface area contributed by atoms with Crippen LogP contribution in [0.5, 0.6) is 0 Å². The van der Waals surface area contributed by atoms with Crippen molar-refractivity contribution < 1.29 is 29.3 Å². The van der Waals surface area contributed by atoms with Crippen LogP contribution in [-0.4, -0.2) is 58.8 Å². The van der Waals surface area contributed by atoms with Gasteiger partial charge in [-0.1, -0.05) is 11.3 Å². The average molecular weight is 436 g/mol. The molecule has 5 N–H and O–H groups in total. The molecule has 0 bridgehead atoms. The van der Waals surface area contributed by atoms with E-state index in [4.69, 9.17) is 14.9 Å². The molecule has 1 unspecified atom stereocenters. The number of nitrogens with zero attached hydrogens (tertiary/aromatic N) is 1. The molecule has 2 aromatic rings. The third-order valence-electron chi connectivity index (χ3n) is 3.87. The number of carbonyl (C=O) groups is 3. The Morgan fingerprint density at radius 3 is 2.47 bits per heavy atom. The van der Waals surface area contributed by atoms with Gasteiger partial charge in [0.1, 0.15) is 10.9 Å². The largest absolute Gasteiger partial charge is 0.480 e. The number of rotatable bonds is 11. The summed E-state index contributed by atoms with van der Waals surface area (Å²) in [5, 5.41) is 26.7. The number of carboxylic acids is 1. The van der Waals surface area contributed by atoms with E-state index in [0.29, 0.717) is 27.1 Å². The van der Waals surface area contributed by atoms with E-state index in [2.05, 4.69) is 20.9 Å². The van der Waals surface area contributed by atoms with Crippen molar-refractivity contribution in [3.8, 4) is 0 Å². The predicted octanol–water partition coefficient (Wildman–Crippen LogP) is 1.74. The fraction of sp³-hybridized carbons (Fsp3) is 0.368. The maximum Gasteiger partial charge on any atom is 0.350 e. The zero-order valence-corrected chi connectivity index (χ0v) is 17.4. The Morgan fingerprint density at radius 1 is 1.20 bits per heavy atom. The van der Waals surface area contributed by atoms with Crippen molar-refractivity contribution in [2.24, 2.45) is 0 Å². The quantitative estimate of drug-likeness (QED) is 0.332. The lowest BCUT2D eigenvalue weighted by Gasteiger charge is -2.13. The van der Waals surface area contributed by atoms with Gasteiger partial charge in [-0.3, -0.25) is 9.59 Å². The topological polar surface area (TPSA) is 150 Å². The lowest BCUT2D eigenvalue weighted by atomic mass is 10.2. The van der Waals surface area contributed by atoms with Crippen LogP contribution in [0.1, 0.15) is 28.7 Å². The molecular weight excluding hydrogens is 412 g/mol. The van der Waals surface area contributed by atoms with Gasteiger partial charge in [0.25, 0.3) is 0 Å². The van der Waals surface area contributed by atoms with E-state index >= 15 is 0 Å². The number of nitrogens with one attached hydrogen (secondary N) is 3. The maximum absolute atomic E-state index is 12.1. The summed E-state index contributed by atoms with van der Waals surface area (Å²) in [6, 6.07) is 5.66. The molecule has 0 aliphatic heterocycles. The Labute approximate surface area is 177 Å². The minimum absolute atomic E-state index is 0.0821. The smallest absolute Gasteiger partial charge is 0.350 e. The van der Waals surface area contributed by atoms with Crippen LogP contribution in [0.4, 0.5) is 16.5 Å². The number of aliphatic hydroxyl groups excluding tert-OH is 1. The number of ether oxygens (including phenoxy) is 1. The van der Waals surface area contributed by atoms with Crippen molar-refractivity contribution in [1.82, 2.24) is 10.3 Å². The number of anilines is 3. The number of hydrogen-bond donors (Lipinski definition) is 5. The van der Waals surface area contributed by atoms with Crippen LogP contribution >= 0.6 is 11.3 Å². The zero-order chi connectivity index (χ0) is 22.1. The standard InChI is InChI=1S/C19H24N4O6S/c1-3-29-18(28)16-11(2)21-19(30-16)23-13-6-4-12(5-7-13)22-15(25)10-14(17(26)27)20-8-9-24/h4-7,14,20,24H,3,8-10H2,1-2H3,(H,21,23)(H,22,25)(H,26,27). The highest BCUT2D eigenvalue weighted by molar-refractivity contribution is 7.17. The molecule has 0 fully saturated rings. The van der Waals surface area contributed by atoms with E-state index in [0.717, 1.165) is 0 Å². The highest BCUT2D eigenvalue weighted by Crippen LogP contribution is 2.27. The summed E-state index contributed by atoms with van der Waals surface area (Å²) in [5.41, 5.74) is 1.78. The Morgan fingerprint density at radius 2 is 1.87 bits per heavy atom. The van der Waals surface area contributed by atoms with E-state index in [9.17, 15) is 14.4 Å². The number of aliphatic carboxylic acids is 1. The van der Waals surface area contributed by atoms with Gasteiger partial charge in [-0.15, -0.1) is 0 Å². The molecule has 1 amide bonds. The maximum atomic E-state index is 12.1. The number of aryl methyl sites for hydroxylation is 1. The SMILES string of the molecule is CCOC(=O)c1sc(Nc2ccc(NC(=O)CC(NCCO)C(=O)O)cc2)nc1C. The van der Waals surface area contributed by atoms with Gasteiger partial charge in [-0.25, -0.2) is 9.78 Å². The normalized spacial score (nSPS) is 11.6. The number of aromatic nitrogens is 1. The molecule has 1 aromatic carbocycles. The first-order valence-electron chi connectivity index (χ1n) is 9.22. The van der Waals surface area contributed by atoms with E-state index in [1.54, 1.807) is 38.1 Å². The number of thiazole rings is 1. The molecule has 1 heterocycles. The molecule has 1 atom stereocenters. The van der Waals surface area contributed by atoms with E-state index in [1.165, 1.54) is 11.3 Å². The fourth-order valence-corrected chi connectivity index (χ4v) is 3.36. The highest BCUT2D eigenvalue weighted by Gasteiger charge is 2.20. The number of carbonyl (C=O) groups excluding carboxylic acids is 2. The number of amides is 1. The number of benzene rings is 1. The van der Waals surface area contributed by atoms with Crippen molar-refractivity contribution in [2.75, 3.05) is 30.4 Å². The molecule has 11 heteroatoms. The summed E-state index contributed by atoms with van der Waals surface area (Å²) in [4.78, 5) is 39.9. The van der Waals surface area contributed by atoms with E-state index < -0.39 is 23.9 Å². The summed E-state index contributed by atoms with van der Waals surface area (Å²) in [6.45, 7) is 3.61. The van der Waals surface area contributed by atoms with Crippen LogP contribution in [0, 0.1) is 6.92 Å². The van der Waals surface area contributed by atoms with Gasteiger partial charge < -0.3 is 30.9 Å². The number of esters is 1. The number of aliphatic hydroxyl groups is 1. The van der Waals surface area contributed by atoms with Gasteiger partial charge in [0.05, 0.1) is 25.3 Å². The first-order valence-corrected chi connectivity index (χ1v) is 10.0. The van der Waals surface area contributed by atoms with Crippen molar-refractivity contribution in [1.29, 1.82) is 0 Å². The Balaban J connectivity index is 1.95. The number of hydrogen-bond acceptors (Lipinski definition) is 9. The lowest BCUT2D eigenvalue weighted by Crippen LogP contribution is -2.41. The summed E-state index contributed by atoms with van der Waals surface area (Å²) >= 11 is 1.19. The minimum Gasteiger partial charge on any atom is -0.480 e. The summed E-state index contributed by atoms with van der Waals surface area (Å²) in [6.07, 6.45) is -0.273. The van der Waals surface area contributed by atoms with E-state index in [-0.39, 0.29) is 26.2 Å². The minimum atomic E-state index is -1.17. The molecular formula is C19H24N4O6S. The number of carboxylic acid groups (broad SMARTS) is 1. The summed E-state index contributed by atoms with van der Waals surface area (Å²) in [7, 11) is 0. The fourth-order valence-electron chi connectivity index (χ4n) is 2.48. The monoisotopic (exact) mass is 436 g/mol. The van der Waals surface area contributed by atoms with Gasteiger partial charge in [-0.2, -0.15) is 0 Å². The second-order valence-electron chi connectivity index (χ2n) is 6.18. The summed E-state index contributed by atoms with van der Waals surface area (Å²) in [5.74, 6) is -2.05.